The summed E-state index contributed by atoms with van der Waals surface area (Å²) < 4.78 is 68.2. The van der Waals surface area contributed by atoms with Crippen molar-refractivity contribution in [3.8, 4) is 0 Å². The molecule has 19 heteroatoms. The minimum absolute atomic E-state index is 0.0454. The Morgan fingerprint density at radius 2 is 0.548 bits per heavy atom. The number of rotatable bonds is 70. The molecule has 0 aromatic heterocycles. The lowest BCUT2D eigenvalue weighted by Crippen LogP contribution is -2.30. The molecule has 0 radical (unpaired) electrons. The second-order valence-electron chi connectivity index (χ2n) is 24.8. The van der Waals surface area contributed by atoms with Gasteiger partial charge < -0.3 is 33.8 Å². The Hall–Kier alpha value is -6.10. The van der Waals surface area contributed by atoms with Crippen molar-refractivity contribution in [2.24, 2.45) is 0 Å². The summed E-state index contributed by atoms with van der Waals surface area (Å²) in [4.78, 5) is 72.8. The largest absolute Gasteiger partial charge is 0.472 e. The maximum absolute atomic E-state index is 13.1. The number of phosphoric ester groups is 2. The second-order valence-corrected chi connectivity index (χ2v) is 27.7. The normalized spacial score (nSPS) is 15.0. The molecule has 0 fully saturated rings. The Labute approximate surface area is 627 Å². The van der Waals surface area contributed by atoms with E-state index in [1.165, 1.54) is 19.3 Å². The standard InChI is InChI=1S/C85H134O17P2/c1-5-9-13-17-21-25-29-33-37-38-39-40-44-46-50-54-58-62-66-70-83(88)96-76-81(102-85(90)72-68-64-60-56-52-48-43-36-32-28-24-20-16-12-8-4)78-100-104(93,94)98-74-79(86)73-97-103(91,92)99-77-80(101-84(89)71-67-63-59-55-51-47-42-35-31-27-23-19-15-11-7-3)75-95-82(87)69-65-61-57-53-49-45-41-34-30-26-22-18-14-10-6-2/h10-12,14-16,21-28,33-37,39-43,49,52-53,56,61,64-65,68,79-81,86H,5-9,13,17-20,29-32,38,44-48,50-51,54-55,57-60,62-63,66-67,69-78H2,1-4H3,(H,91,92)(H,93,94)/b14-10-,15-11-,16-12-,25-21-,26-22-,27-23-,28-24-,37-33-,40-39-,41-34-,42-35-,43-36-,53-49-,56-52-,65-61-,68-64-. The first-order chi connectivity index (χ1) is 50.7. The molecule has 5 unspecified atom stereocenters. The number of aliphatic hydroxyl groups is 1. The van der Waals surface area contributed by atoms with Crippen LogP contribution in [0.1, 0.15) is 259 Å². The Morgan fingerprint density at radius 3 is 0.894 bits per heavy atom. The molecule has 0 spiro atoms. The summed E-state index contributed by atoms with van der Waals surface area (Å²) in [7, 11) is -10.0. The fraction of sp³-hybridized carbons (Fsp3) is 0.576. The van der Waals surface area contributed by atoms with Gasteiger partial charge in [0.1, 0.15) is 19.3 Å². The van der Waals surface area contributed by atoms with Crippen molar-refractivity contribution >= 4 is 39.5 Å². The molecule has 0 saturated heterocycles. The number of allylic oxidation sites excluding steroid dienone is 30. The fourth-order valence-electron chi connectivity index (χ4n) is 9.33. The molecule has 0 bridgehead atoms. The predicted octanol–water partition coefficient (Wildman–Crippen LogP) is 22.5. The molecule has 0 aromatic rings. The number of hydrogen-bond acceptors (Lipinski definition) is 15. The molecule has 0 aliphatic heterocycles. The summed E-state index contributed by atoms with van der Waals surface area (Å²) in [6, 6.07) is 0. The number of esters is 4. The summed E-state index contributed by atoms with van der Waals surface area (Å²) in [5.74, 6) is -2.53. The Kier molecular flexibility index (Phi) is 70.7. The van der Waals surface area contributed by atoms with Crippen molar-refractivity contribution in [2.75, 3.05) is 39.6 Å². The SMILES string of the molecule is CC/C=C\C/C=C\C/C=C\C/C=C\C/C=C\CC(=O)OCC(COP(=O)(O)OCC(O)COP(=O)(O)OCC(COC(=O)CCCCCCCC/C=C\C/C=C\C/C=C\CCCCC)OC(=O)C/C=C\C/C=C\C/C=C\C/C=C\C/C=C\CC)OC(=O)CCCCCCC/C=C\C/C=C\C/C=C\CC. The van der Waals surface area contributed by atoms with E-state index < -0.39 is 97.5 Å². The van der Waals surface area contributed by atoms with Gasteiger partial charge in [0.05, 0.1) is 39.3 Å². The van der Waals surface area contributed by atoms with E-state index in [4.69, 9.17) is 37.0 Å². The van der Waals surface area contributed by atoms with Crippen molar-refractivity contribution in [3.63, 3.8) is 0 Å². The van der Waals surface area contributed by atoms with Gasteiger partial charge in [0.15, 0.2) is 12.2 Å². The third kappa shape index (κ3) is 74.2. The van der Waals surface area contributed by atoms with Crippen LogP contribution >= 0.6 is 15.6 Å². The molecule has 0 amide bonds. The summed E-state index contributed by atoms with van der Waals surface area (Å²) in [6.45, 7) is 4.20. The highest BCUT2D eigenvalue weighted by Crippen LogP contribution is 2.45. The topological polar surface area (TPSA) is 237 Å². The van der Waals surface area contributed by atoms with Crippen molar-refractivity contribution < 1.29 is 80.2 Å². The molecule has 0 heterocycles. The van der Waals surface area contributed by atoms with Crippen LogP contribution in [0.4, 0.5) is 0 Å². The molecule has 17 nitrogen and oxygen atoms in total. The fourth-order valence-corrected chi connectivity index (χ4v) is 10.9. The minimum Gasteiger partial charge on any atom is -0.462 e. The lowest BCUT2D eigenvalue weighted by molar-refractivity contribution is -0.160. The highest BCUT2D eigenvalue weighted by molar-refractivity contribution is 7.47. The van der Waals surface area contributed by atoms with Gasteiger partial charge in [-0.25, -0.2) is 9.13 Å². The second kappa shape index (κ2) is 75.1. The molecular formula is C85H134O17P2. The van der Waals surface area contributed by atoms with Crippen LogP contribution in [0.5, 0.6) is 0 Å². The first-order valence-electron chi connectivity index (χ1n) is 38.7. The smallest absolute Gasteiger partial charge is 0.462 e. The van der Waals surface area contributed by atoms with Gasteiger partial charge in [0, 0.05) is 12.8 Å². The summed E-state index contributed by atoms with van der Waals surface area (Å²) in [6.07, 6.45) is 92.0. The first kappa shape index (κ1) is 97.9. The van der Waals surface area contributed by atoms with Crippen LogP contribution in [0, 0.1) is 0 Å². The van der Waals surface area contributed by atoms with Crippen molar-refractivity contribution in [1.82, 2.24) is 0 Å². The maximum Gasteiger partial charge on any atom is 0.472 e. The van der Waals surface area contributed by atoms with E-state index in [0.29, 0.717) is 25.7 Å². The van der Waals surface area contributed by atoms with E-state index in [0.717, 1.165) is 161 Å². The van der Waals surface area contributed by atoms with Crippen molar-refractivity contribution in [3.05, 3.63) is 194 Å². The Bertz CT molecular complexity index is 2740. The van der Waals surface area contributed by atoms with Crippen LogP contribution in [-0.2, 0) is 65.4 Å². The summed E-state index contributed by atoms with van der Waals surface area (Å²) in [5.41, 5.74) is 0. The van der Waals surface area contributed by atoms with E-state index in [9.17, 15) is 43.2 Å². The Balaban J connectivity index is 5.53. The van der Waals surface area contributed by atoms with Gasteiger partial charge in [-0.1, -0.05) is 280 Å². The molecule has 5 atom stereocenters. The van der Waals surface area contributed by atoms with E-state index in [1.54, 1.807) is 18.2 Å². The van der Waals surface area contributed by atoms with E-state index in [-0.39, 0.29) is 25.7 Å². The van der Waals surface area contributed by atoms with Crippen molar-refractivity contribution in [1.29, 1.82) is 0 Å². The van der Waals surface area contributed by atoms with E-state index in [2.05, 4.69) is 174 Å². The Morgan fingerprint density at radius 1 is 0.288 bits per heavy atom. The number of hydrogen-bond donors (Lipinski definition) is 3. The molecule has 0 aliphatic rings. The molecule has 0 aromatic carbocycles. The third-order valence-corrected chi connectivity index (χ3v) is 17.0. The summed E-state index contributed by atoms with van der Waals surface area (Å²) >= 11 is 0. The first-order valence-corrected chi connectivity index (χ1v) is 41.7. The van der Waals surface area contributed by atoms with E-state index >= 15 is 0 Å². The number of carbonyl (C=O) groups excluding carboxylic acids is 4. The number of ether oxygens (including phenoxy) is 4. The molecular weight excluding hydrogens is 1350 g/mol. The lowest BCUT2D eigenvalue weighted by atomic mass is 10.1. The van der Waals surface area contributed by atoms with Gasteiger partial charge in [0.25, 0.3) is 0 Å². The van der Waals surface area contributed by atoms with Crippen LogP contribution in [0.25, 0.3) is 0 Å². The zero-order valence-corrected chi connectivity index (χ0v) is 65.6. The van der Waals surface area contributed by atoms with Crippen LogP contribution in [0.15, 0.2) is 194 Å². The average Bonchev–Trinajstić information content (AvgIpc) is 0.912. The van der Waals surface area contributed by atoms with Crippen LogP contribution < -0.4 is 0 Å². The number of unbranched alkanes of at least 4 members (excludes halogenated alkanes) is 14. The quantitative estimate of drug-likeness (QED) is 0.0169. The number of carbonyl (C=O) groups is 4. The van der Waals surface area contributed by atoms with Gasteiger partial charge in [-0.2, -0.15) is 0 Å². The van der Waals surface area contributed by atoms with Gasteiger partial charge in [-0.3, -0.25) is 37.3 Å². The average molecular weight is 1490 g/mol. The molecule has 586 valence electrons. The lowest BCUT2D eigenvalue weighted by Gasteiger charge is -2.21. The summed E-state index contributed by atoms with van der Waals surface area (Å²) in [5, 5.41) is 10.6. The number of aliphatic hydroxyl groups excluding tert-OH is 1. The molecule has 3 N–H and O–H groups in total. The van der Waals surface area contributed by atoms with Crippen LogP contribution in [0.3, 0.4) is 0 Å². The van der Waals surface area contributed by atoms with Gasteiger partial charge in [-0.05, 0) is 148 Å². The minimum atomic E-state index is -5.02. The molecule has 104 heavy (non-hydrogen) atoms. The van der Waals surface area contributed by atoms with Crippen molar-refractivity contribution in [2.45, 2.75) is 277 Å². The highest BCUT2D eigenvalue weighted by Gasteiger charge is 2.30. The zero-order valence-electron chi connectivity index (χ0n) is 63.9. The van der Waals surface area contributed by atoms with Gasteiger partial charge in [0.2, 0.25) is 0 Å². The maximum atomic E-state index is 13.1. The van der Waals surface area contributed by atoms with E-state index in [1.807, 2.05) is 30.4 Å². The van der Waals surface area contributed by atoms with Gasteiger partial charge in [-0.15, -0.1) is 0 Å². The zero-order chi connectivity index (χ0) is 76.0. The predicted molar refractivity (Wildman–Crippen MR) is 426 cm³/mol. The van der Waals surface area contributed by atoms with Crippen LogP contribution in [0.2, 0.25) is 0 Å². The molecule has 0 aliphatic carbocycles. The third-order valence-electron chi connectivity index (χ3n) is 15.1. The number of phosphoric acid groups is 2. The molecule has 0 rings (SSSR count). The monoisotopic (exact) mass is 1490 g/mol. The highest BCUT2D eigenvalue weighted by atomic mass is 31.2. The van der Waals surface area contributed by atoms with Crippen LogP contribution in [-0.4, -0.2) is 96.7 Å². The van der Waals surface area contributed by atoms with Gasteiger partial charge >= 0.3 is 39.5 Å². The molecule has 0 saturated carbocycles.